The molecule has 0 amide bonds. The Balaban J connectivity index is 2.09. The fraction of sp³-hybridized carbons (Fsp3) is 0.294. The van der Waals surface area contributed by atoms with Crippen LogP contribution in [-0.2, 0) is 6.54 Å². The van der Waals surface area contributed by atoms with E-state index in [1.165, 1.54) is 11.1 Å². The summed E-state index contributed by atoms with van der Waals surface area (Å²) in [6, 6.07) is 16.5. The maximum atomic E-state index is 5.85. The Morgan fingerprint density at radius 3 is 2.60 bits per heavy atom. The van der Waals surface area contributed by atoms with E-state index in [1.807, 2.05) is 30.3 Å². The molecule has 1 unspecified atom stereocenters. The Kier molecular flexibility index (Phi) is 4.64. The number of nitrogen functional groups attached to an aromatic ring is 1. The summed E-state index contributed by atoms with van der Waals surface area (Å²) in [5.41, 5.74) is 9.13. The average Bonchev–Trinajstić information content (AvgIpc) is 2.46. The molecule has 0 aliphatic carbocycles. The van der Waals surface area contributed by atoms with Gasteiger partial charge in [0, 0.05) is 18.3 Å². The van der Waals surface area contributed by atoms with E-state index in [4.69, 9.17) is 10.5 Å². The smallest absolute Gasteiger partial charge is 0.119 e. The molecule has 1 atom stereocenters. The van der Waals surface area contributed by atoms with Crippen LogP contribution in [0.15, 0.2) is 48.5 Å². The molecule has 0 aromatic heterocycles. The molecule has 2 aromatic rings. The van der Waals surface area contributed by atoms with Gasteiger partial charge in [-0.05, 0) is 49.4 Å². The van der Waals surface area contributed by atoms with E-state index < -0.39 is 0 Å². The zero-order valence-corrected chi connectivity index (χ0v) is 12.3. The number of methoxy groups -OCH3 is 1. The lowest BCUT2D eigenvalue weighted by molar-refractivity contribution is 0.253. The van der Waals surface area contributed by atoms with Gasteiger partial charge in [0.2, 0.25) is 0 Å². The number of hydrogen-bond donors (Lipinski definition) is 1. The highest BCUT2D eigenvalue weighted by Gasteiger charge is 2.12. The predicted molar refractivity (Wildman–Crippen MR) is 83.7 cm³/mol. The van der Waals surface area contributed by atoms with E-state index in [0.717, 1.165) is 18.0 Å². The quantitative estimate of drug-likeness (QED) is 0.845. The Morgan fingerprint density at radius 2 is 1.90 bits per heavy atom. The summed E-state index contributed by atoms with van der Waals surface area (Å²) in [5, 5.41) is 0. The molecule has 2 aromatic carbocycles. The van der Waals surface area contributed by atoms with Crippen LogP contribution < -0.4 is 10.5 Å². The van der Waals surface area contributed by atoms with Crippen LogP contribution in [0.4, 0.5) is 5.69 Å². The summed E-state index contributed by atoms with van der Waals surface area (Å²) in [5.74, 6) is 0.896. The van der Waals surface area contributed by atoms with Crippen LogP contribution in [0.2, 0.25) is 0 Å². The number of nitrogens with zero attached hydrogens (tertiary/aromatic N) is 1. The number of hydrogen-bond acceptors (Lipinski definition) is 3. The van der Waals surface area contributed by atoms with E-state index in [9.17, 15) is 0 Å². The number of ether oxygens (including phenoxy) is 1. The SMILES string of the molecule is COc1cccc(CN(C)C(C)c2cccc(N)c2)c1. The van der Waals surface area contributed by atoms with Crippen LogP contribution >= 0.6 is 0 Å². The molecule has 0 spiro atoms. The lowest BCUT2D eigenvalue weighted by Crippen LogP contribution is -2.22. The van der Waals surface area contributed by atoms with Gasteiger partial charge in [0.1, 0.15) is 5.75 Å². The normalized spacial score (nSPS) is 12.4. The summed E-state index contributed by atoms with van der Waals surface area (Å²) in [6.07, 6.45) is 0. The third kappa shape index (κ3) is 3.52. The van der Waals surface area contributed by atoms with Gasteiger partial charge >= 0.3 is 0 Å². The predicted octanol–water partition coefficient (Wildman–Crippen LogP) is 3.47. The summed E-state index contributed by atoms with van der Waals surface area (Å²) in [6.45, 7) is 3.06. The van der Waals surface area contributed by atoms with Crippen LogP contribution in [0.5, 0.6) is 5.75 Å². The van der Waals surface area contributed by atoms with Gasteiger partial charge < -0.3 is 10.5 Å². The van der Waals surface area contributed by atoms with Gasteiger partial charge in [0.25, 0.3) is 0 Å². The van der Waals surface area contributed by atoms with E-state index in [2.05, 4.69) is 37.1 Å². The molecule has 0 saturated carbocycles. The van der Waals surface area contributed by atoms with Gasteiger partial charge in [0.15, 0.2) is 0 Å². The molecule has 20 heavy (non-hydrogen) atoms. The second-order valence-corrected chi connectivity index (χ2v) is 5.11. The minimum atomic E-state index is 0.310. The van der Waals surface area contributed by atoms with Crippen LogP contribution in [0, 0.1) is 0 Å². The maximum Gasteiger partial charge on any atom is 0.119 e. The molecule has 2 rings (SSSR count). The topological polar surface area (TPSA) is 38.5 Å². The summed E-state index contributed by atoms with van der Waals surface area (Å²) < 4.78 is 5.26. The van der Waals surface area contributed by atoms with Crippen molar-refractivity contribution in [3.63, 3.8) is 0 Å². The van der Waals surface area contributed by atoms with Crippen molar-refractivity contribution in [2.24, 2.45) is 0 Å². The Morgan fingerprint density at radius 1 is 1.15 bits per heavy atom. The van der Waals surface area contributed by atoms with Gasteiger partial charge in [-0.25, -0.2) is 0 Å². The average molecular weight is 270 g/mol. The first-order valence-electron chi connectivity index (χ1n) is 6.79. The van der Waals surface area contributed by atoms with Crippen molar-refractivity contribution in [3.05, 3.63) is 59.7 Å². The monoisotopic (exact) mass is 270 g/mol. The van der Waals surface area contributed by atoms with E-state index >= 15 is 0 Å². The highest BCUT2D eigenvalue weighted by molar-refractivity contribution is 5.41. The molecular weight excluding hydrogens is 248 g/mol. The molecule has 0 heterocycles. The largest absolute Gasteiger partial charge is 0.497 e. The lowest BCUT2D eigenvalue weighted by atomic mass is 10.1. The summed E-state index contributed by atoms with van der Waals surface area (Å²) in [7, 11) is 3.81. The first-order chi connectivity index (χ1) is 9.60. The summed E-state index contributed by atoms with van der Waals surface area (Å²) in [4.78, 5) is 2.30. The number of benzene rings is 2. The Labute approximate surface area is 121 Å². The van der Waals surface area contributed by atoms with Crippen LogP contribution in [0.3, 0.4) is 0 Å². The third-order valence-corrected chi connectivity index (χ3v) is 3.62. The number of rotatable bonds is 5. The molecule has 0 fully saturated rings. The van der Waals surface area contributed by atoms with Gasteiger partial charge in [-0.3, -0.25) is 4.90 Å². The van der Waals surface area contributed by atoms with Crippen molar-refractivity contribution in [2.75, 3.05) is 19.9 Å². The fourth-order valence-corrected chi connectivity index (χ4v) is 2.27. The first-order valence-corrected chi connectivity index (χ1v) is 6.79. The minimum Gasteiger partial charge on any atom is -0.497 e. The zero-order chi connectivity index (χ0) is 14.5. The van der Waals surface area contributed by atoms with E-state index in [0.29, 0.717) is 6.04 Å². The third-order valence-electron chi connectivity index (χ3n) is 3.62. The second-order valence-electron chi connectivity index (χ2n) is 5.11. The zero-order valence-electron chi connectivity index (χ0n) is 12.3. The van der Waals surface area contributed by atoms with Crippen LogP contribution in [0.1, 0.15) is 24.1 Å². The van der Waals surface area contributed by atoms with Gasteiger partial charge in [-0.2, -0.15) is 0 Å². The number of anilines is 1. The molecule has 2 N–H and O–H groups in total. The van der Waals surface area contributed by atoms with Crippen LogP contribution in [-0.4, -0.2) is 19.1 Å². The van der Waals surface area contributed by atoms with Crippen molar-refractivity contribution in [1.29, 1.82) is 0 Å². The fourth-order valence-electron chi connectivity index (χ4n) is 2.27. The molecule has 0 saturated heterocycles. The lowest BCUT2D eigenvalue weighted by Gasteiger charge is -2.25. The molecule has 0 aliphatic heterocycles. The molecule has 0 aliphatic rings. The van der Waals surface area contributed by atoms with Crippen molar-refractivity contribution >= 4 is 5.69 Å². The maximum absolute atomic E-state index is 5.85. The Hall–Kier alpha value is -2.00. The van der Waals surface area contributed by atoms with Crippen LogP contribution in [0.25, 0.3) is 0 Å². The van der Waals surface area contributed by atoms with Crippen molar-refractivity contribution in [2.45, 2.75) is 19.5 Å². The molecule has 3 nitrogen and oxygen atoms in total. The minimum absolute atomic E-state index is 0.310. The second kappa shape index (κ2) is 6.44. The van der Waals surface area contributed by atoms with Crippen molar-refractivity contribution in [1.82, 2.24) is 4.90 Å². The molecule has 3 heteroatoms. The molecular formula is C17H22N2O. The first kappa shape index (κ1) is 14.4. The van der Waals surface area contributed by atoms with Crippen molar-refractivity contribution < 1.29 is 4.74 Å². The highest BCUT2D eigenvalue weighted by atomic mass is 16.5. The molecule has 0 radical (unpaired) electrons. The van der Waals surface area contributed by atoms with E-state index in [1.54, 1.807) is 7.11 Å². The van der Waals surface area contributed by atoms with E-state index in [-0.39, 0.29) is 0 Å². The standard InChI is InChI=1S/C17H22N2O/c1-13(15-7-5-8-16(18)11-15)19(2)12-14-6-4-9-17(10-14)20-3/h4-11,13H,12,18H2,1-3H3. The van der Waals surface area contributed by atoms with Crippen molar-refractivity contribution in [3.8, 4) is 5.75 Å². The highest BCUT2D eigenvalue weighted by Crippen LogP contribution is 2.23. The number of nitrogens with two attached hydrogens (primary N) is 1. The molecule has 106 valence electrons. The summed E-state index contributed by atoms with van der Waals surface area (Å²) >= 11 is 0. The van der Waals surface area contributed by atoms with Gasteiger partial charge in [-0.15, -0.1) is 0 Å². The van der Waals surface area contributed by atoms with Gasteiger partial charge in [-0.1, -0.05) is 24.3 Å². The molecule has 0 bridgehead atoms. The van der Waals surface area contributed by atoms with Gasteiger partial charge in [0.05, 0.1) is 7.11 Å². The Bertz CT molecular complexity index is 568.